The lowest BCUT2D eigenvalue weighted by Gasteiger charge is -2.45. The molecule has 0 saturated carbocycles. The summed E-state index contributed by atoms with van der Waals surface area (Å²) in [5.74, 6) is 0.176. The van der Waals surface area contributed by atoms with Gasteiger partial charge in [0.15, 0.2) is 0 Å². The van der Waals surface area contributed by atoms with Gasteiger partial charge in [-0.05, 0) is 86.2 Å². The Morgan fingerprint density at radius 2 is 1.93 bits per heavy atom. The van der Waals surface area contributed by atoms with Crippen LogP contribution in [0.2, 0.25) is 0 Å². The summed E-state index contributed by atoms with van der Waals surface area (Å²) < 4.78 is 4.73. The second-order valence-electron chi connectivity index (χ2n) is 8.04. The van der Waals surface area contributed by atoms with Gasteiger partial charge < -0.3 is 9.64 Å². The average Bonchev–Trinajstić information content (AvgIpc) is 2.64. The number of aryl methyl sites for hydroxylation is 1. The van der Waals surface area contributed by atoms with E-state index in [0.29, 0.717) is 11.5 Å². The zero-order valence-corrected chi connectivity index (χ0v) is 17.0. The van der Waals surface area contributed by atoms with Crippen molar-refractivity contribution in [3.63, 3.8) is 0 Å². The van der Waals surface area contributed by atoms with Crippen molar-refractivity contribution in [2.45, 2.75) is 45.6 Å². The predicted octanol–water partition coefficient (Wildman–Crippen LogP) is 5.25. The summed E-state index contributed by atoms with van der Waals surface area (Å²) in [5.41, 5.74) is 6.54. The lowest BCUT2D eigenvalue weighted by molar-refractivity contribution is 0.0601. The predicted molar refractivity (Wildman–Crippen MR) is 112 cm³/mol. The molecule has 2 aromatic carbocycles. The van der Waals surface area contributed by atoms with Crippen molar-refractivity contribution >= 4 is 23.6 Å². The molecule has 0 aromatic heterocycles. The maximum atomic E-state index is 11.5. The van der Waals surface area contributed by atoms with E-state index >= 15 is 0 Å². The first-order valence-corrected chi connectivity index (χ1v) is 9.34. The number of nitrogens with zero attached hydrogens (tertiary/aromatic N) is 2. The van der Waals surface area contributed by atoms with Crippen LogP contribution >= 0.6 is 0 Å². The van der Waals surface area contributed by atoms with Gasteiger partial charge in [0.2, 0.25) is 0 Å². The number of hydrogen-bond donors (Lipinski definition) is 0. The number of aliphatic imine (C=N–C) groups is 1. The number of benzene rings is 2. The van der Waals surface area contributed by atoms with Gasteiger partial charge in [-0.15, -0.1) is 0 Å². The Bertz CT molecular complexity index is 882. The van der Waals surface area contributed by atoms with Crippen molar-refractivity contribution in [1.29, 1.82) is 0 Å². The van der Waals surface area contributed by atoms with Crippen molar-refractivity contribution in [1.82, 2.24) is 0 Å². The van der Waals surface area contributed by atoms with Gasteiger partial charge in [-0.2, -0.15) is 0 Å². The summed E-state index contributed by atoms with van der Waals surface area (Å²) in [6.45, 7) is 9.03. The molecule has 142 valence electrons. The van der Waals surface area contributed by atoms with Crippen LogP contribution in [0.4, 0.5) is 11.4 Å². The van der Waals surface area contributed by atoms with Gasteiger partial charge >= 0.3 is 5.97 Å². The minimum Gasteiger partial charge on any atom is -0.465 e. The normalized spacial score (nSPS) is 18.4. The molecule has 2 aromatic rings. The zero-order chi connectivity index (χ0) is 19.8. The molecule has 3 rings (SSSR count). The molecule has 0 radical (unpaired) electrons. The number of rotatable bonds is 3. The molecule has 0 bridgehead atoms. The number of esters is 1. The summed E-state index contributed by atoms with van der Waals surface area (Å²) in [7, 11) is 3.56. The monoisotopic (exact) mass is 364 g/mol. The Kier molecular flexibility index (Phi) is 5.09. The standard InChI is InChI=1S/C23H28N2O2/c1-15-11-21-20(16(2)13-23(3,4)25(21)5)12-18(15)14-24-19-9-7-17(8-10-19)22(26)27-6/h7-12,14,16H,13H2,1-6H3. The van der Waals surface area contributed by atoms with E-state index in [2.05, 4.69) is 56.8 Å². The molecule has 4 heteroatoms. The summed E-state index contributed by atoms with van der Waals surface area (Å²) in [6, 6.07) is 11.7. The highest BCUT2D eigenvalue weighted by atomic mass is 16.5. The first-order valence-electron chi connectivity index (χ1n) is 9.34. The molecular formula is C23H28N2O2. The molecule has 0 saturated heterocycles. The summed E-state index contributed by atoms with van der Waals surface area (Å²) >= 11 is 0. The average molecular weight is 364 g/mol. The fourth-order valence-corrected chi connectivity index (χ4v) is 3.82. The van der Waals surface area contributed by atoms with Crippen LogP contribution in [0.15, 0.2) is 41.4 Å². The Labute approximate surface area is 161 Å². The van der Waals surface area contributed by atoms with Crippen molar-refractivity contribution in [2.24, 2.45) is 4.99 Å². The van der Waals surface area contributed by atoms with Crippen molar-refractivity contribution in [2.75, 3.05) is 19.1 Å². The topological polar surface area (TPSA) is 41.9 Å². The zero-order valence-electron chi connectivity index (χ0n) is 17.0. The molecule has 1 atom stereocenters. The second kappa shape index (κ2) is 7.18. The minimum atomic E-state index is -0.336. The Hall–Kier alpha value is -2.62. The quantitative estimate of drug-likeness (QED) is 0.551. The van der Waals surface area contributed by atoms with Crippen LogP contribution in [-0.4, -0.2) is 31.9 Å². The summed E-state index contributed by atoms with van der Waals surface area (Å²) in [6.07, 6.45) is 3.04. The summed E-state index contributed by atoms with van der Waals surface area (Å²) in [4.78, 5) is 18.5. The Morgan fingerprint density at radius 3 is 2.56 bits per heavy atom. The lowest BCUT2D eigenvalue weighted by atomic mass is 9.79. The van der Waals surface area contributed by atoms with E-state index in [1.165, 1.54) is 23.9 Å². The van der Waals surface area contributed by atoms with E-state index in [4.69, 9.17) is 4.74 Å². The molecule has 0 fully saturated rings. The van der Waals surface area contributed by atoms with E-state index < -0.39 is 0 Å². The van der Waals surface area contributed by atoms with E-state index in [-0.39, 0.29) is 11.5 Å². The molecule has 0 amide bonds. The number of hydrogen-bond acceptors (Lipinski definition) is 4. The van der Waals surface area contributed by atoms with E-state index in [1.807, 2.05) is 18.3 Å². The molecule has 0 N–H and O–H groups in total. The lowest BCUT2D eigenvalue weighted by Crippen LogP contribution is -2.45. The molecule has 1 aliphatic heterocycles. The third kappa shape index (κ3) is 3.75. The molecule has 0 spiro atoms. The molecule has 27 heavy (non-hydrogen) atoms. The molecule has 4 nitrogen and oxygen atoms in total. The highest BCUT2D eigenvalue weighted by Crippen LogP contribution is 2.43. The van der Waals surface area contributed by atoms with Gasteiger partial charge in [0, 0.05) is 24.5 Å². The van der Waals surface area contributed by atoms with Crippen LogP contribution < -0.4 is 4.90 Å². The highest BCUT2D eigenvalue weighted by Gasteiger charge is 2.34. The third-order valence-electron chi connectivity index (χ3n) is 5.66. The third-order valence-corrected chi connectivity index (χ3v) is 5.66. The maximum Gasteiger partial charge on any atom is 0.337 e. The van der Waals surface area contributed by atoms with E-state index in [1.54, 1.807) is 12.1 Å². The largest absolute Gasteiger partial charge is 0.465 e. The Balaban J connectivity index is 1.89. The molecule has 0 aliphatic carbocycles. The van der Waals surface area contributed by atoms with Gasteiger partial charge in [-0.25, -0.2) is 4.79 Å². The van der Waals surface area contributed by atoms with Crippen LogP contribution in [0.1, 0.15) is 60.2 Å². The van der Waals surface area contributed by atoms with Crippen LogP contribution in [0.5, 0.6) is 0 Å². The van der Waals surface area contributed by atoms with Crippen LogP contribution in [0.3, 0.4) is 0 Å². The number of methoxy groups -OCH3 is 1. The number of carbonyl (C=O) groups excluding carboxylic acids is 1. The summed E-state index contributed by atoms with van der Waals surface area (Å²) in [5, 5.41) is 0. The van der Waals surface area contributed by atoms with Crippen molar-refractivity contribution < 1.29 is 9.53 Å². The smallest absolute Gasteiger partial charge is 0.337 e. The van der Waals surface area contributed by atoms with Gasteiger partial charge in [0.25, 0.3) is 0 Å². The van der Waals surface area contributed by atoms with Crippen LogP contribution in [0.25, 0.3) is 0 Å². The van der Waals surface area contributed by atoms with Gasteiger partial charge in [0.1, 0.15) is 0 Å². The number of anilines is 1. The minimum absolute atomic E-state index is 0.163. The van der Waals surface area contributed by atoms with Gasteiger partial charge in [0.05, 0.1) is 18.4 Å². The van der Waals surface area contributed by atoms with Crippen LogP contribution in [-0.2, 0) is 4.74 Å². The van der Waals surface area contributed by atoms with E-state index in [0.717, 1.165) is 17.7 Å². The molecule has 1 unspecified atom stereocenters. The van der Waals surface area contributed by atoms with Crippen LogP contribution in [0, 0.1) is 6.92 Å². The number of carbonyl (C=O) groups is 1. The van der Waals surface area contributed by atoms with Crippen molar-refractivity contribution in [3.8, 4) is 0 Å². The van der Waals surface area contributed by atoms with Gasteiger partial charge in [-0.1, -0.05) is 6.92 Å². The molecule has 1 aliphatic rings. The fourth-order valence-electron chi connectivity index (χ4n) is 3.82. The molecule has 1 heterocycles. The second-order valence-corrected chi connectivity index (χ2v) is 8.04. The molecular weight excluding hydrogens is 336 g/mol. The first kappa shape index (κ1) is 19.2. The van der Waals surface area contributed by atoms with Crippen molar-refractivity contribution in [3.05, 3.63) is 58.7 Å². The number of fused-ring (bicyclic) bond motifs is 1. The highest BCUT2D eigenvalue weighted by molar-refractivity contribution is 5.90. The first-order chi connectivity index (χ1) is 12.7. The SMILES string of the molecule is COC(=O)c1ccc(N=Cc2cc3c(cc2C)N(C)C(C)(C)CC3C)cc1. The number of ether oxygens (including phenoxy) is 1. The maximum absolute atomic E-state index is 11.5. The van der Waals surface area contributed by atoms with E-state index in [9.17, 15) is 4.79 Å². The van der Waals surface area contributed by atoms with Gasteiger partial charge in [-0.3, -0.25) is 4.99 Å². The fraction of sp³-hybridized carbons (Fsp3) is 0.391. The Morgan fingerprint density at radius 1 is 1.26 bits per heavy atom.